The number of anilines is 1. The quantitative estimate of drug-likeness (QED) is 0.308. The number of hydrogen-bond donors (Lipinski definition) is 2. The monoisotopic (exact) mass is 427 g/mol. The molecule has 0 heterocycles. The molecule has 2 aromatic rings. The molecule has 0 bridgehead atoms. The van der Waals surface area contributed by atoms with Gasteiger partial charge in [-0.2, -0.15) is 0 Å². The van der Waals surface area contributed by atoms with E-state index in [2.05, 4.69) is 10.3 Å². The van der Waals surface area contributed by atoms with Crippen LogP contribution in [0.15, 0.2) is 59.6 Å². The summed E-state index contributed by atoms with van der Waals surface area (Å²) in [6.45, 7) is 1.63. The molecular formula is C17H22IN3O2. The molecule has 3 N–H and O–H groups in total. The van der Waals surface area contributed by atoms with Crippen molar-refractivity contribution in [1.82, 2.24) is 0 Å². The highest BCUT2D eigenvalue weighted by Gasteiger charge is 1.96. The van der Waals surface area contributed by atoms with E-state index in [0.29, 0.717) is 25.7 Å². The molecule has 0 aliphatic rings. The van der Waals surface area contributed by atoms with Gasteiger partial charge in [0.25, 0.3) is 0 Å². The largest absolute Gasteiger partial charge is 0.497 e. The summed E-state index contributed by atoms with van der Waals surface area (Å²) < 4.78 is 10.6. The third-order valence-electron chi connectivity index (χ3n) is 2.99. The van der Waals surface area contributed by atoms with Crippen LogP contribution in [0.4, 0.5) is 5.69 Å². The average molecular weight is 427 g/mol. The second-order valence-electron chi connectivity index (χ2n) is 4.66. The third-order valence-corrected chi connectivity index (χ3v) is 2.99. The first-order chi connectivity index (χ1) is 10.8. The van der Waals surface area contributed by atoms with Gasteiger partial charge in [-0.25, -0.2) is 0 Å². The number of benzene rings is 2. The van der Waals surface area contributed by atoms with E-state index in [4.69, 9.17) is 15.2 Å². The molecule has 0 amide bonds. The van der Waals surface area contributed by atoms with Crippen LogP contribution in [0.3, 0.4) is 0 Å². The van der Waals surface area contributed by atoms with Gasteiger partial charge >= 0.3 is 0 Å². The Balaban J connectivity index is 0.00000264. The molecule has 0 radical (unpaired) electrons. The van der Waals surface area contributed by atoms with Crippen LogP contribution in [0.1, 0.15) is 5.56 Å². The molecular weight excluding hydrogens is 405 g/mol. The lowest BCUT2D eigenvalue weighted by atomic mass is 10.2. The summed E-state index contributed by atoms with van der Waals surface area (Å²) in [5, 5.41) is 3.02. The number of guanidine groups is 1. The van der Waals surface area contributed by atoms with Crippen LogP contribution in [0, 0.1) is 0 Å². The minimum Gasteiger partial charge on any atom is -0.497 e. The Morgan fingerprint density at radius 2 is 1.78 bits per heavy atom. The minimum absolute atomic E-state index is 0. The van der Waals surface area contributed by atoms with Gasteiger partial charge in [0, 0.05) is 5.69 Å². The Labute approximate surface area is 153 Å². The van der Waals surface area contributed by atoms with E-state index in [1.807, 2.05) is 54.6 Å². The van der Waals surface area contributed by atoms with Crippen molar-refractivity contribution < 1.29 is 9.47 Å². The Morgan fingerprint density at radius 3 is 2.43 bits per heavy atom. The summed E-state index contributed by atoms with van der Waals surface area (Å²) in [5.41, 5.74) is 7.84. The van der Waals surface area contributed by atoms with E-state index in [1.54, 1.807) is 7.11 Å². The van der Waals surface area contributed by atoms with Gasteiger partial charge in [-0.1, -0.05) is 30.3 Å². The van der Waals surface area contributed by atoms with Crippen LogP contribution in [0.5, 0.6) is 5.75 Å². The number of halogens is 1. The highest BCUT2D eigenvalue weighted by Crippen LogP contribution is 2.14. The average Bonchev–Trinajstić information content (AvgIpc) is 2.56. The van der Waals surface area contributed by atoms with Crippen LogP contribution >= 0.6 is 24.0 Å². The molecule has 0 fully saturated rings. The zero-order valence-corrected chi connectivity index (χ0v) is 15.4. The van der Waals surface area contributed by atoms with Crippen molar-refractivity contribution in [3.63, 3.8) is 0 Å². The topological polar surface area (TPSA) is 68.9 Å². The molecule has 5 nitrogen and oxygen atoms in total. The number of nitrogens with two attached hydrogens (primary N) is 1. The van der Waals surface area contributed by atoms with Gasteiger partial charge in [-0.15, -0.1) is 24.0 Å². The summed E-state index contributed by atoms with van der Waals surface area (Å²) in [5.74, 6) is 1.17. The van der Waals surface area contributed by atoms with Crippen LogP contribution in [0.2, 0.25) is 0 Å². The number of methoxy groups -OCH3 is 1. The maximum absolute atomic E-state index is 5.82. The van der Waals surface area contributed by atoms with Gasteiger partial charge < -0.3 is 20.5 Å². The summed E-state index contributed by atoms with van der Waals surface area (Å²) in [6, 6.07) is 17.5. The fraction of sp³-hybridized carbons (Fsp3) is 0.235. The van der Waals surface area contributed by atoms with E-state index < -0.39 is 0 Å². The van der Waals surface area contributed by atoms with Crippen LogP contribution in [-0.4, -0.2) is 26.2 Å². The number of nitrogens with zero attached hydrogens (tertiary/aromatic N) is 1. The molecule has 0 aromatic heterocycles. The van der Waals surface area contributed by atoms with E-state index in [9.17, 15) is 0 Å². The lowest BCUT2D eigenvalue weighted by Gasteiger charge is -2.07. The van der Waals surface area contributed by atoms with Crippen LogP contribution < -0.4 is 15.8 Å². The minimum atomic E-state index is 0. The lowest BCUT2D eigenvalue weighted by molar-refractivity contribution is 0.128. The van der Waals surface area contributed by atoms with Crippen molar-refractivity contribution in [3.05, 3.63) is 60.2 Å². The number of rotatable bonds is 7. The van der Waals surface area contributed by atoms with E-state index in [-0.39, 0.29) is 24.0 Å². The molecule has 0 saturated carbocycles. The first kappa shape index (κ1) is 19.2. The highest BCUT2D eigenvalue weighted by molar-refractivity contribution is 14.0. The van der Waals surface area contributed by atoms with Crippen molar-refractivity contribution >= 4 is 35.6 Å². The lowest BCUT2D eigenvalue weighted by Crippen LogP contribution is -2.23. The smallest absolute Gasteiger partial charge is 0.193 e. The predicted molar refractivity (Wildman–Crippen MR) is 105 cm³/mol. The normalized spacial score (nSPS) is 10.7. The van der Waals surface area contributed by atoms with E-state index >= 15 is 0 Å². The van der Waals surface area contributed by atoms with Crippen molar-refractivity contribution in [2.75, 3.05) is 25.6 Å². The Kier molecular flexibility index (Phi) is 9.08. The fourth-order valence-corrected chi connectivity index (χ4v) is 1.86. The molecule has 0 saturated heterocycles. The van der Waals surface area contributed by atoms with Gasteiger partial charge in [0.05, 0.1) is 26.9 Å². The molecule has 0 aliphatic carbocycles. The molecule has 0 unspecified atom stereocenters. The first-order valence-electron chi connectivity index (χ1n) is 7.10. The van der Waals surface area contributed by atoms with Gasteiger partial charge in [0.1, 0.15) is 5.75 Å². The van der Waals surface area contributed by atoms with Crippen LogP contribution in [-0.2, 0) is 11.3 Å². The Hall–Kier alpha value is -1.80. The molecule has 6 heteroatoms. The molecule has 0 aliphatic heterocycles. The second kappa shape index (κ2) is 10.8. The Bertz CT molecular complexity index is 589. The molecule has 0 atom stereocenters. The number of nitrogens with one attached hydrogen (secondary N) is 1. The maximum atomic E-state index is 5.82. The van der Waals surface area contributed by atoms with Crippen LogP contribution in [0.25, 0.3) is 0 Å². The number of ether oxygens (including phenoxy) is 2. The van der Waals surface area contributed by atoms with Crippen molar-refractivity contribution in [1.29, 1.82) is 0 Å². The summed E-state index contributed by atoms with van der Waals surface area (Å²) in [4.78, 5) is 4.22. The maximum Gasteiger partial charge on any atom is 0.193 e. The SMILES string of the molecule is COc1ccc(NC(N)=NCCOCc2ccccc2)cc1.I. The number of hydrogen-bond acceptors (Lipinski definition) is 3. The molecule has 2 aromatic carbocycles. The molecule has 2 rings (SSSR count). The summed E-state index contributed by atoms with van der Waals surface area (Å²) in [7, 11) is 1.63. The third kappa shape index (κ3) is 7.34. The van der Waals surface area contributed by atoms with Crippen molar-refractivity contribution in [2.24, 2.45) is 10.7 Å². The van der Waals surface area contributed by atoms with Gasteiger partial charge in [0.2, 0.25) is 0 Å². The Morgan fingerprint density at radius 1 is 1.09 bits per heavy atom. The van der Waals surface area contributed by atoms with E-state index in [0.717, 1.165) is 17.0 Å². The van der Waals surface area contributed by atoms with Gasteiger partial charge in [-0.3, -0.25) is 4.99 Å². The zero-order valence-electron chi connectivity index (χ0n) is 13.1. The molecule has 23 heavy (non-hydrogen) atoms. The summed E-state index contributed by atoms with van der Waals surface area (Å²) in [6.07, 6.45) is 0. The van der Waals surface area contributed by atoms with Gasteiger partial charge in [-0.05, 0) is 29.8 Å². The standard InChI is InChI=1S/C17H21N3O2.HI/c1-21-16-9-7-15(8-10-16)20-17(18)19-11-12-22-13-14-5-3-2-4-6-14;/h2-10H,11-13H2,1H3,(H3,18,19,20);1H. The van der Waals surface area contributed by atoms with Crippen molar-refractivity contribution in [3.8, 4) is 5.75 Å². The molecule has 0 spiro atoms. The van der Waals surface area contributed by atoms with Crippen molar-refractivity contribution in [2.45, 2.75) is 6.61 Å². The second-order valence-corrected chi connectivity index (χ2v) is 4.66. The van der Waals surface area contributed by atoms with E-state index in [1.165, 1.54) is 0 Å². The van der Waals surface area contributed by atoms with Gasteiger partial charge in [0.15, 0.2) is 5.96 Å². The fourth-order valence-electron chi connectivity index (χ4n) is 1.86. The molecule has 124 valence electrons. The zero-order chi connectivity index (χ0) is 15.6. The predicted octanol–water partition coefficient (Wildman–Crippen LogP) is 3.26. The number of aliphatic imine (C=N–C) groups is 1. The highest BCUT2D eigenvalue weighted by atomic mass is 127. The first-order valence-corrected chi connectivity index (χ1v) is 7.10. The summed E-state index contributed by atoms with van der Waals surface area (Å²) >= 11 is 0.